The molecule has 0 atom stereocenters. The van der Waals surface area contributed by atoms with Crippen molar-refractivity contribution >= 4 is 34.3 Å². The van der Waals surface area contributed by atoms with E-state index >= 15 is 0 Å². The van der Waals surface area contributed by atoms with Crippen LogP contribution < -0.4 is 0 Å². The van der Waals surface area contributed by atoms with E-state index in [0.717, 1.165) is 5.57 Å². The molecule has 3 nitrogen and oxygen atoms in total. The number of hydrogen-bond donors (Lipinski definition) is 0. The fraction of sp³-hybridized carbons (Fsp3) is 0.154. The molecule has 18 heavy (non-hydrogen) atoms. The molecule has 0 saturated carbocycles. The average Bonchev–Trinajstić information content (AvgIpc) is 2.82. The number of fused-ring (bicyclic) bond motifs is 1. The fourth-order valence-electron chi connectivity index (χ4n) is 1.97. The Balaban J connectivity index is 2.94. The number of halogens is 1. The summed E-state index contributed by atoms with van der Waals surface area (Å²) in [5, 5.41) is 19.7. The summed E-state index contributed by atoms with van der Waals surface area (Å²) in [6.07, 6.45) is 0. The fourth-order valence-corrected chi connectivity index (χ4v) is 3.08. The lowest BCUT2D eigenvalue weighted by Gasteiger charge is -2.03. The smallest absolute Gasteiger partial charge is 0.195 e. The molecule has 0 bridgehead atoms. The predicted octanol–water partition coefficient (Wildman–Crippen LogP) is 3.73. The number of allylic oxidation sites excluding steroid dienone is 4. The minimum Gasteiger partial charge on any atom is -0.289 e. The number of carbonyl (C=O) groups is 1. The molecule has 1 aromatic rings. The van der Waals surface area contributed by atoms with Gasteiger partial charge in [0.2, 0.25) is 0 Å². The third-order valence-corrected chi connectivity index (χ3v) is 3.91. The topological polar surface area (TPSA) is 64.7 Å². The van der Waals surface area contributed by atoms with Crippen molar-refractivity contribution in [3.63, 3.8) is 0 Å². The van der Waals surface area contributed by atoms with Gasteiger partial charge in [0.1, 0.15) is 22.0 Å². The number of nitriles is 2. The molecule has 0 radical (unpaired) electrons. The minimum absolute atomic E-state index is 0.0707. The molecule has 0 saturated heterocycles. The summed E-state index contributed by atoms with van der Waals surface area (Å²) in [4.78, 5) is 12.2. The summed E-state index contributed by atoms with van der Waals surface area (Å²) in [6.45, 7) is 3.56. The van der Waals surface area contributed by atoms with Gasteiger partial charge in [-0.1, -0.05) is 17.2 Å². The summed E-state index contributed by atoms with van der Waals surface area (Å²) >= 11 is 7.30. The van der Waals surface area contributed by atoms with Gasteiger partial charge in [0, 0.05) is 27.7 Å². The molecule has 0 fully saturated rings. The number of hydrogen-bond acceptors (Lipinski definition) is 4. The van der Waals surface area contributed by atoms with Gasteiger partial charge in [-0.15, -0.1) is 11.3 Å². The van der Waals surface area contributed by atoms with E-state index in [0.29, 0.717) is 26.6 Å². The van der Waals surface area contributed by atoms with Gasteiger partial charge in [-0.05, 0) is 13.8 Å². The highest BCUT2D eigenvalue weighted by atomic mass is 35.5. The first-order valence-corrected chi connectivity index (χ1v) is 6.33. The number of Topliss-reactive ketones (excluding diaryl/α,β-unsaturated/α-hetero) is 1. The summed E-state index contributed by atoms with van der Waals surface area (Å²) in [5.41, 5.74) is 2.52. The number of nitrogens with zero attached hydrogens (tertiary/aromatic N) is 2. The van der Waals surface area contributed by atoms with E-state index in [1.807, 2.05) is 12.1 Å². The van der Waals surface area contributed by atoms with Crippen LogP contribution in [-0.4, -0.2) is 5.78 Å². The van der Waals surface area contributed by atoms with Gasteiger partial charge in [-0.25, -0.2) is 0 Å². The standard InChI is InChI=1S/C13H7ClN2OS/c1-6(2)9-10(7(3-15)4-16)11-8(12(9)17)5-18-13(11)14/h5H,1-2H3. The van der Waals surface area contributed by atoms with Crippen LogP contribution in [0.4, 0.5) is 0 Å². The molecule has 0 aliphatic heterocycles. The molecule has 0 unspecified atom stereocenters. The maximum Gasteiger partial charge on any atom is 0.195 e. The largest absolute Gasteiger partial charge is 0.289 e. The second-order valence-electron chi connectivity index (χ2n) is 3.98. The van der Waals surface area contributed by atoms with Crippen LogP contribution in [0.15, 0.2) is 22.1 Å². The van der Waals surface area contributed by atoms with E-state index in [1.165, 1.54) is 11.3 Å². The quantitative estimate of drug-likeness (QED) is 0.535. The van der Waals surface area contributed by atoms with E-state index in [1.54, 1.807) is 19.2 Å². The molecular formula is C13H7ClN2OS. The zero-order chi connectivity index (χ0) is 13.4. The molecule has 1 aliphatic carbocycles. The lowest BCUT2D eigenvalue weighted by Crippen LogP contribution is -1.97. The number of carbonyl (C=O) groups excluding carboxylic acids is 1. The van der Waals surface area contributed by atoms with Crippen LogP contribution in [0.3, 0.4) is 0 Å². The second kappa shape index (κ2) is 4.42. The van der Waals surface area contributed by atoms with Crippen LogP contribution in [0, 0.1) is 22.7 Å². The van der Waals surface area contributed by atoms with Crippen molar-refractivity contribution in [3.05, 3.63) is 37.6 Å². The maximum atomic E-state index is 12.2. The van der Waals surface area contributed by atoms with Gasteiger partial charge in [-0.3, -0.25) is 4.79 Å². The zero-order valence-corrected chi connectivity index (χ0v) is 11.2. The first-order chi connectivity index (χ1) is 8.52. The maximum absolute atomic E-state index is 12.2. The molecule has 0 N–H and O–H groups in total. The molecule has 1 heterocycles. The molecule has 0 spiro atoms. The van der Waals surface area contributed by atoms with Crippen molar-refractivity contribution < 1.29 is 4.79 Å². The highest BCUT2D eigenvalue weighted by Gasteiger charge is 2.36. The Hall–Kier alpha value is -1.88. The molecular weight excluding hydrogens is 268 g/mol. The Morgan fingerprint density at radius 1 is 1.28 bits per heavy atom. The van der Waals surface area contributed by atoms with E-state index in [-0.39, 0.29) is 11.4 Å². The van der Waals surface area contributed by atoms with Gasteiger partial charge in [0.05, 0.1) is 0 Å². The number of rotatable bonds is 0. The molecule has 2 rings (SSSR count). The van der Waals surface area contributed by atoms with Crippen molar-refractivity contribution in [1.29, 1.82) is 10.5 Å². The molecule has 0 amide bonds. The Morgan fingerprint density at radius 3 is 2.39 bits per heavy atom. The van der Waals surface area contributed by atoms with E-state index in [2.05, 4.69) is 0 Å². The SMILES string of the molecule is CC(C)=C1C(=O)c2csc(Cl)c2C1=C(C#N)C#N. The number of thiophene rings is 1. The van der Waals surface area contributed by atoms with Crippen LogP contribution in [0.5, 0.6) is 0 Å². The highest BCUT2D eigenvalue weighted by molar-refractivity contribution is 7.15. The van der Waals surface area contributed by atoms with Crippen molar-refractivity contribution in [3.8, 4) is 12.1 Å². The van der Waals surface area contributed by atoms with Gasteiger partial charge in [-0.2, -0.15) is 10.5 Å². The molecule has 0 aromatic carbocycles. The third kappa shape index (κ3) is 1.59. The predicted molar refractivity (Wildman–Crippen MR) is 70.2 cm³/mol. The molecule has 88 valence electrons. The first kappa shape index (κ1) is 12.6. The van der Waals surface area contributed by atoms with Crippen LogP contribution in [0.25, 0.3) is 5.57 Å². The van der Waals surface area contributed by atoms with E-state index in [4.69, 9.17) is 22.1 Å². The Kier molecular flexibility index (Phi) is 3.09. The Morgan fingerprint density at radius 2 is 1.89 bits per heavy atom. The van der Waals surface area contributed by atoms with Crippen LogP contribution >= 0.6 is 22.9 Å². The molecule has 5 heteroatoms. The highest BCUT2D eigenvalue weighted by Crippen LogP contribution is 2.46. The summed E-state index contributed by atoms with van der Waals surface area (Å²) in [7, 11) is 0. The van der Waals surface area contributed by atoms with E-state index < -0.39 is 0 Å². The Bertz CT molecular complexity index is 690. The van der Waals surface area contributed by atoms with Crippen molar-refractivity contribution in [2.45, 2.75) is 13.8 Å². The normalized spacial score (nSPS) is 13.1. The monoisotopic (exact) mass is 274 g/mol. The molecule has 1 aliphatic rings. The minimum atomic E-state index is -0.161. The van der Waals surface area contributed by atoms with Gasteiger partial charge in [0.15, 0.2) is 5.78 Å². The Labute approximate surface area is 113 Å². The lowest BCUT2D eigenvalue weighted by molar-refractivity contribution is 0.104. The molecule has 1 aromatic heterocycles. The average molecular weight is 275 g/mol. The number of ketones is 1. The third-order valence-electron chi connectivity index (χ3n) is 2.69. The van der Waals surface area contributed by atoms with Crippen molar-refractivity contribution in [2.75, 3.05) is 0 Å². The van der Waals surface area contributed by atoms with Gasteiger partial charge >= 0.3 is 0 Å². The van der Waals surface area contributed by atoms with Crippen LogP contribution in [0.1, 0.15) is 29.8 Å². The summed E-state index contributed by atoms with van der Waals surface area (Å²) in [6, 6.07) is 3.67. The summed E-state index contributed by atoms with van der Waals surface area (Å²) < 4.78 is 0.438. The van der Waals surface area contributed by atoms with E-state index in [9.17, 15) is 4.79 Å². The second-order valence-corrected chi connectivity index (χ2v) is 5.46. The van der Waals surface area contributed by atoms with Crippen molar-refractivity contribution in [1.82, 2.24) is 0 Å². The van der Waals surface area contributed by atoms with Gasteiger partial charge < -0.3 is 0 Å². The zero-order valence-electron chi connectivity index (χ0n) is 9.67. The first-order valence-electron chi connectivity index (χ1n) is 5.07. The summed E-state index contributed by atoms with van der Waals surface area (Å²) in [5.74, 6) is -0.161. The van der Waals surface area contributed by atoms with Crippen molar-refractivity contribution in [2.24, 2.45) is 0 Å². The van der Waals surface area contributed by atoms with Crippen LogP contribution in [-0.2, 0) is 0 Å². The lowest BCUT2D eigenvalue weighted by atomic mass is 9.98. The van der Waals surface area contributed by atoms with Gasteiger partial charge in [0.25, 0.3) is 0 Å². The van der Waals surface area contributed by atoms with Crippen LogP contribution in [0.2, 0.25) is 4.34 Å².